The van der Waals surface area contributed by atoms with Gasteiger partial charge in [-0.3, -0.25) is 0 Å². The number of carboxylic acids is 1. The van der Waals surface area contributed by atoms with E-state index in [-0.39, 0.29) is 5.56 Å². The van der Waals surface area contributed by atoms with Gasteiger partial charge in [-0.25, -0.2) is 4.79 Å². The highest BCUT2D eigenvalue weighted by molar-refractivity contribution is 7.98. The lowest BCUT2D eigenvalue weighted by molar-refractivity contribution is 0.0688. The first-order valence-corrected chi connectivity index (χ1v) is 6.96. The average Bonchev–Trinajstić information content (AvgIpc) is 2.33. The Morgan fingerprint density at radius 2 is 2.17 bits per heavy atom. The summed E-state index contributed by atoms with van der Waals surface area (Å²) in [4.78, 5) is 14.0. The van der Waals surface area contributed by atoms with E-state index in [1.807, 2.05) is 26.4 Å². The van der Waals surface area contributed by atoms with Gasteiger partial charge in [0.1, 0.15) is 11.3 Å². The van der Waals surface area contributed by atoms with E-state index in [4.69, 9.17) is 4.74 Å². The minimum atomic E-state index is -0.942. The van der Waals surface area contributed by atoms with Crippen LogP contribution in [0.2, 0.25) is 0 Å². The first-order chi connectivity index (χ1) is 8.56. The smallest absolute Gasteiger partial charge is 0.340 e. The second-order valence-electron chi connectivity index (χ2n) is 4.14. The van der Waals surface area contributed by atoms with Crippen molar-refractivity contribution in [1.29, 1.82) is 0 Å². The summed E-state index contributed by atoms with van der Waals surface area (Å²) >= 11 is 1.41. The van der Waals surface area contributed by atoms with Crippen molar-refractivity contribution in [3.05, 3.63) is 23.8 Å². The van der Waals surface area contributed by atoms with Crippen LogP contribution in [0, 0.1) is 0 Å². The summed E-state index contributed by atoms with van der Waals surface area (Å²) < 4.78 is 5.57. The molecule has 0 heterocycles. The van der Waals surface area contributed by atoms with Crippen LogP contribution in [0.1, 0.15) is 16.8 Å². The molecule has 5 heteroatoms. The normalized spacial score (nSPS) is 10.7. The largest absolute Gasteiger partial charge is 0.493 e. The zero-order chi connectivity index (χ0) is 13.5. The number of aromatic carboxylic acids is 1. The molecule has 0 unspecified atom stereocenters. The van der Waals surface area contributed by atoms with Gasteiger partial charge in [-0.05, 0) is 38.9 Å². The fraction of sp³-hybridized carbons (Fsp3) is 0.462. The van der Waals surface area contributed by atoms with Crippen LogP contribution in [0.25, 0.3) is 0 Å². The minimum absolute atomic E-state index is 0.259. The quantitative estimate of drug-likeness (QED) is 0.608. The maximum absolute atomic E-state index is 11.2. The van der Waals surface area contributed by atoms with Gasteiger partial charge < -0.3 is 14.7 Å². The molecule has 1 N–H and O–H groups in total. The molecule has 1 aromatic rings. The van der Waals surface area contributed by atoms with Crippen LogP contribution in [0.5, 0.6) is 5.75 Å². The Labute approximate surface area is 112 Å². The van der Waals surface area contributed by atoms with Crippen LogP contribution in [0.4, 0.5) is 0 Å². The molecule has 0 atom stereocenters. The SMILES string of the molecule is CSc1cccc(OCCCN(C)C)c1C(=O)O. The van der Waals surface area contributed by atoms with Gasteiger partial charge in [-0.2, -0.15) is 0 Å². The first kappa shape index (κ1) is 14.9. The number of ether oxygens (including phenoxy) is 1. The first-order valence-electron chi connectivity index (χ1n) is 5.74. The number of benzene rings is 1. The highest BCUT2D eigenvalue weighted by atomic mass is 32.2. The molecule has 0 saturated heterocycles. The van der Waals surface area contributed by atoms with Gasteiger partial charge in [0.05, 0.1) is 6.61 Å². The van der Waals surface area contributed by atoms with E-state index in [2.05, 4.69) is 4.90 Å². The third-order valence-electron chi connectivity index (χ3n) is 2.43. The molecule has 0 amide bonds. The number of hydrogen-bond donors (Lipinski definition) is 1. The molecule has 1 aromatic carbocycles. The van der Waals surface area contributed by atoms with Gasteiger partial charge in [0, 0.05) is 11.4 Å². The highest BCUT2D eigenvalue weighted by Gasteiger charge is 2.15. The number of carboxylic acid groups (broad SMARTS) is 1. The molecule has 0 aliphatic heterocycles. The summed E-state index contributed by atoms with van der Waals surface area (Å²) in [7, 11) is 3.99. The van der Waals surface area contributed by atoms with Gasteiger partial charge in [0.15, 0.2) is 0 Å². The van der Waals surface area contributed by atoms with E-state index in [0.29, 0.717) is 12.4 Å². The molecule has 0 aliphatic rings. The van der Waals surface area contributed by atoms with Crippen LogP contribution in [-0.2, 0) is 0 Å². The third-order valence-corrected chi connectivity index (χ3v) is 3.21. The Balaban J connectivity index is 2.72. The number of hydrogen-bond acceptors (Lipinski definition) is 4. The van der Waals surface area contributed by atoms with Crippen molar-refractivity contribution in [3.63, 3.8) is 0 Å². The number of nitrogens with zero attached hydrogens (tertiary/aromatic N) is 1. The second kappa shape index (κ2) is 7.28. The number of rotatable bonds is 7. The van der Waals surface area contributed by atoms with Gasteiger partial charge in [0.25, 0.3) is 0 Å². The fourth-order valence-corrected chi connectivity index (χ4v) is 2.18. The molecular weight excluding hydrogens is 250 g/mol. The Kier molecular flexibility index (Phi) is 6.01. The van der Waals surface area contributed by atoms with Gasteiger partial charge in [-0.15, -0.1) is 11.8 Å². The molecule has 100 valence electrons. The van der Waals surface area contributed by atoms with Crippen LogP contribution in [0.15, 0.2) is 23.1 Å². The van der Waals surface area contributed by atoms with E-state index in [0.717, 1.165) is 17.9 Å². The zero-order valence-electron chi connectivity index (χ0n) is 11.0. The lowest BCUT2D eigenvalue weighted by atomic mass is 10.2. The van der Waals surface area contributed by atoms with Crippen molar-refractivity contribution in [2.75, 3.05) is 33.5 Å². The van der Waals surface area contributed by atoms with Gasteiger partial charge in [0.2, 0.25) is 0 Å². The molecule has 0 aromatic heterocycles. The summed E-state index contributed by atoms with van der Waals surface area (Å²) in [5.74, 6) is -0.490. The van der Waals surface area contributed by atoms with Crippen LogP contribution in [0.3, 0.4) is 0 Å². The monoisotopic (exact) mass is 269 g/mol. The third kappa shape index (κ3) is 4.23. The van der Waals surface area contributed by atoms with Crippen LogP contribution >= 0.6 is 11.8 Å². The molecule has 0 bridgehead atoms. The molecule has 0 saturated carbocycles. The van der Waals surface area contributed by atoms with Crippen LogP contribution in [-0.4, -0.2) is 49.5 Å². The van der Waals surface area contributed by atoms with E-state index in [1.54, 1.807) is 12.1 Å². The van der Waals surface area contributed by atoms with E-state index in [9.17, 15) is 9.90 Å². The van der Waals surface area contributed by atoms with E-state index < -0.39 is 5.97 Å². The molecule has 4 nitrogen and oxygen atoms in total. The minimum Gasteiger partial charge on any atom is -0.493 e. The lowest BCUT2D eigenvalue weighted by Crippen LogP contribution is -2.16. The topological polar surface area (TPSA) is 49.8 Å². The second-order valence-corrected chi connectivity index (χ2v) is 4.99. The molecule has 0 aliphatic carbocycles. The maximum atomic E-state index is 11.2. The summed E-state index contributed by atoms with van der Waals surface area (Å²) in [6.45, 7) is 1.45. The molecule has 0 spiro atoms. The summed E-state index contributed by atoms with van der Waals surface area (Å²) in [6.07, 6.45) is 2.73. The predicted molar refractivity (Wildman–Crippen MR) is 73.8 cm³/mol. The standard InChI is InChI=1S/C13H19NO3S/c1-14(2)8-5-9-17-10-6-4-7-11(18-3)12(10)13(15)16/h4,6-7H,5,8-9H2,1-3H3,(H,15,16). The van der Waals surface area contributed by atoms with Crippen molar-refractivity contribution in [2.24, 2.45) is 0 Å². The predicted octanol–water partition coefficient (Wildman–Crippen LogP) is 2.44. The Morgan fingerprint density at radius 3 is 2.72 bits per heavy atom. The molecule has 0 fully saturated rings. The van der Waals surface area contributed by atoms with Crippen molar-refractivity contribution >= 4 is 17.7 Å². The lowest BCUT2D eigenvalue weighted by Gasteiger charge is -2.13. The summed E-state index contributed by atoms with van der Waals surface area (Å²) in [6, 6.07) is 5.32. The van der Waals surface area contributed by atoms with Gasteiger partial charge in [-0.1, -0.05) is 6.07 Å². The average molecular weight is 269 g/mol. The maximum Gasteiger partial charge on any atom is 0.340 e. The van der Waals surface area contributed by atoms with Crippen molar-refractivity contribution in [3.8, 4) is 5.75 Å². The summed E-state index contributed by atoms with van der Waals surface area (Å²) in [5, 5.41) is 9.22. The summed E-state index contributed by atoms with van der Waals surface area (Å²) in [5.41, 5.74) is 0.259. The van der Waals surface area contributed by atoms with Crippen molar-refractivity contribution < 1.29 is 14.6 Å². The van der Waals surface area contributed by atoms with E-state index >= 15 is 0 Å². The van der Waals surface area contributed by atoms with Crippen LogP contribution < -0.4 is 4.74 Å². The van der Waals surface area contributed by atoms with Crippen molar-refractivity contribution in [1.82, 2.24) is 4.90 Å². The molecule has 1 rings (SSSR count). The molecular formula is C13H19NO3S. The Morgan fingerprint density at radius 1 is 1.44 bits per heavy atom. The fourth-order valence-electron chi connectivity index (χ4n) is 1.58. The van der Waals surface area contributed by atoms with E-state index in [1.165, 1.54) is 11.8 Å². The van der Waals surface area contributed by atoms with Crippen molar-refractivity contribution in [2.45, 2.75) is 11.3 Å². The molecule has 18 heavy (non-hydrogen) atoms. The Bertz CT molecular complexity index is 407. The Hall–Kier alpha value is -1.20. The zero-order valence-corrected chi connectivity index (χ0v) is 11.8. The number of thioether (sulfide) groups is 1. The molecule has 0 radical (unpaired) electrons. The highest BCUT2D eigenvalue weighted by Crippen LogP contribution is 2.28. The van der Waals surface area contributed by atoms with Gasteiger partial charge >= 0.3 is 5.97 Å². The number of carbonyl (C=O) groups is 1.